The van der Waals surface area contributed by atoms with Crippen LogP contribution in [0, 0.1) is 0 Å². The molecule has 1 aromatic carbocycles. The van der Waals surface area contributed by atoms with Crippen molar-refractivity contribution in [3.63, 3.8) is 0 Å². The molecule has 1 aliphatic carbocycles. The number of nitrogens with zero attached hydrogens (tertiary/aromatic N) is 3. The number of piperazine rings is 1. The van der Waals surface area contributed by atoms with Crippen molar-refractivity contribution in [3.05, 3.63) is 35.5 Å². The van der Waals surface area contributed by atoms with E-state index in [1.54, 1.807) is 0 Å². The molecule has 5 rings (SSSR count). The highest BCUT2D eigenvalue weighted by Gasteiger charge is 2.29. The molecule has 1 aromatic heterocycles. The predicted octanol–water partition coefficient (Wildman–Crippen LogP) is 2.61. The van der Waals surface area contributed by atoms with Gasteiger partial charge in [0.15, 0.2) is 0 Å². The molecule has 0 unspecified atom stereocenters. The summed E-state index contributed by atoms with van der Waals surface area (Å²) in [5.41, 5.74) is 3.96. The van der Waals surface area contributed by atoms with Gasteiger partial charge in [0.2, 0.25) is 5.91 Å². The highest BCUT2D eigenvalue weighted by atomic mass is 16.2. The van der Waals surface area contributed by atoms with E-state index >= 15 is 0 Å². The first-order chi connectivity index (χ1) is 13.3. The topological polar surface area (TPSA) is 42.6 Å². The fraction of sp³-hybridized carbons (Fsp3) is 0.591. The normalized spacial score (nSPS) is 22.4. The minimum atomic E-state index is 0.306. The lowest BCUT2D eigenvalue weighted by molar-refractivity contribution is -0.134. The minimum Gasteiger partial charge on any atom is -0.357 e. The van der Waals surface area contributed by atoms with Gasteiger partial charge in [-0.15, -0.1) is 0 Å². The van der Waals surface area contributed by atoms with Crippen LogP contribution in [0.25, 0.3) is 10.9 Å². The van der Waals surface area contributed by atoms with Crippen molar-refractivity contribution in [2.75, 3.05) is 39.3 Å². The van der Waals surface area contributed by atoms with E-state index in [1.807, 2.05) is 0 Å². The van der Waals surface area contributed by atoms with E-state index in [0.29, 0.717) is 12.5 Å². The fourth-order valence-electron chi connectivity index (χ4n) is 5.28. The smallest absolute Gasteiger partial charge is 0.236 e. The molecule has 5 heteroatoms. The molecule has 1 saturated heterocycles. The maximum absolute atomic E-state index is 12.8. The highest BCUT2D eigenvalue weighted by Crippen LogP contribution is 2.27. The van der Waals surface area contributed by atoms with Gasteiger partial charge in [-0.1, -0.05) is 31.0 Å². The third kappa shape index (κ3) is 3.39. The van der Waals surface area contributed by atoms with Crippen LogP contribution in [0.3, 0.4) is 0 Å². The monoisotopic (exact) mass is 366 g/mol. The number of aromatic nitrogens is 1. The lowest BCUT2D eigenvalue weighted by Crippen LogP contribution is -2.53. The molecule has 0 bridgehead atoms. The average molecular weight is 367 g/mol. The van der Waals surface area contributed by atoms with Gasteiger partial charge < -0.3 is 9.88 Å². The number of benzene rings is 1. The van der Waals surface area contributed by atoms with Gasteiger partial charge in [0.1, 0.15) is 0 Å². The standard InChI is InChI=1S/C22H30N4O/c27-22(26-13-11-25(12-14-26)17-5-1-2-6-17)16-24-10-9-19-18-7-3-4-8-20(18)23-21(19)15-24/h3-4,7-8,17,23H,1-2,5-6,9-16H2. The predicted molar refractivity (Wildman–Crippen MR) is 108 cm³/mol. The molecule has 3 heterocycles. The molecule has 144 valence electrons. The summed E-state index contributed by atoms with van der Waals surface area (Å²) in [4.78, 5) is 23.4. The number of fused-ring (bicyclic) bond motifs is 3. The largest absolute Gasteiger partial charge is 0.357 e. The Morgan fingerprint density at radius 1 is 1.04 bits per heavy atom. The second-order valence-electron chi connectivity index (χ2n) is 8.44. The van der Waals surface area contributed by atoms with E-state index in [1.165, 1.54) is 47.8 Å². The van der Waals surface area contributed by atoms with Crippen LogP contribution in [0.4, 0.5) is 0 Å². The van der Waals surface area contributed by atoms with Gasteiger partial charge in [0.05, 0.1) is 6.54 Å². The number of para-hydroxylation sites is 1. The van der Waals surface area contributed by atoms with Crippen molar-refractivity contribution in [1.29, 1.82) is 0 Å². The van der Waals surface area contributed by atoms with Crippen molar-refractivity contribution >= 4 is 16.8 Å². The van der Waals surface area contributed by atoms with Crippen LogP contribution in [-0.2, 0) is 17.8 Å². The third-order valence-electron chi connectivity index (χ3n) is 6.83. The molecule has 2 aliphatic heterocycles. The molecule has 0 radical (unpaired) electrons. The maximum Gasteiger partial charge on any atom is 0.236 e. The fourth-order valence-corrected chi connectivity index (χ4v) is 5.28. The molecule has 2 aromatic rings. The Morgan fingerprint density at radius 3 is 2.63 bits per heavy atom. The molecule has 1 N–H and O–H groups in total. The highest BCUT2D eigenvalue weighted by molar-refractivity contribution is 5.85. The van der Waals surface area contributed by atoms with Crippen LogP contribution in [0.2, 0.25) is 0 Å². The summed E-state index contributed by atoms with van der Waals surface area (Å²) >= 11 is 0. The van der Waals surface area contributed by atoms with E-state index in [4.69, 9.17) is 0 Å². The number of aromatic amines is 1. The van der Waals surface area contributed by atoms with Gasteiger partial charge in [0.25, 0.3) is 0 Å². The zero-order valence-corrected chi connectivity index (χ0v) is 16.1. The number of rotatable bonds is 3. The molecule has 1 saturated carbocycles. The van der Waals surface area contributed by atoms with E-state index in [2.05, 4.69) is 43.9 Å². The first-order valence-corrected chi connectivity index (χ1v) is 10.6. The Kier molecular flexibility index (Phi) is 4.66. The Labute approximate surface area is 161 Å². The molecule has 3 aliphatic rings. The molecule has 2 fully saturated rings. The summed E-state index contributed by atoms with van der Waals surface area (Å²) in [5, 5.41) is 1.35. The average Bonchev–Trinajstić information content (AvgIpc) is 3.35. The van der Waals surface area contributed by atoms with E-state index in [0.717, 1.165) is 51.7 Å². The number of nitrogens with one attached hydrogen (secondary N) is 1. The first-order valence-electron chi connectivity index (χ1n) is 10.6. The van der Waals surface area contributed by atoms with Crippen LogP contribution in [0.15, 0.2) is 24.3 Å². The number of H-pyrrole nitrogens is 1. The van der Waals surface area contributed by atoms with Gasteiger partial charge >= 0.3 is 0 Å². The molecule has 5 nitrogen and oxygen atoms in total. The third-order valence-corrected chi connectivity index (χ3v) is 6.83. The van der Waals surface area contributed by atoms with Gasteiger partial charge in [-0.05, 0) is 30.9 Å². The Balaban J connectivity index is 1.17. The van der Waals surface area contributed by atoms with Crippen molar-refractivity contribution in [3.8, 4) is 0 Å². The summed E-state index contributed by atoms with van der Waals surface area (Å²) in [6.07, 6.45) is 6.51. The van der Waals surface area contributed by atoms with Gasteiger partial charge in [-0.2, -0.15) is 0 Å². The van der Waals surface area contributed by atoms with Crippen molar-refractivity contribution in [1.82, 2.24) is 19.7 Å². The lowest BCUT2D eigenvalue weighted by atomic mass is 10.0. The molecule has 1 amide bonds. The van der Waals surface area contributed by atoms with Crippen LogP contribution in [-0.4, -0.2) is 70.9 Å². The summed E-state index contributed by atoms with van der Waals surface area (Å²) in [6.45, 7) is 6.31. The van der Waals surface area contributed by atoms with Crippen LogP contribution >= 0.6 is 0 Å². The second kappa shape index (κ2) is 7.28. The summed E-state index contributed by atoms with van der Waals surface area (Å²) in [7, 11) is 0. The Morgan fingerprint density at radius 2 is 1.81 bits per heavy atom. The van der Waals surface area contributed by atoms with Gasteiger partial charge in [-0.25, -0.2) is 0 Å². The second-order valence-corrected chi connectivity index (χ2v) is 8.44. The van der Waals surface area contributed by atoms with Gasteiger partial charge in [-0.3, -0.25) is 14.6 Å². The van der Waals surface area contributed by atoms with Crippen molar-refractivity contribution in [2.24, 2.45) is 0 Å². The lowest BCUT2D eigenvalue weighted by Gasteiger charge is -2.39. The Hall–Kier alpha value is -1.85. The molecule has 0 atom stereocenters. The van der Waals surface area contributed by atoms with Crippen LogP contribution in [0.5, 0.6) is 0 Å². The number of hydrogen-bond acceptors (Lipinski definition) is 3. The zero-order valence-electron chi connectivity index (χ0n) is 16.1. The summed E-state index contributed by atoms with van der Waals surface area (Å²) < 4.78 is 0. The van der Waals surface area contributed by atoms with Crippen LogP contribution in [0.1, 0.15) is 36.9 Å². The number of carbonyl (C=O) groups excluding carboxylic acids is 1. The van der Waals surface area contributed by atoms with E-state index < -0.39 is 0 Å². The van der Waals surface area contributed by atoms with Crippen LogP contribution < -0.4 is 0 Å². The summed E-state index contributed by atoms with van der Waals surface area (Å²) in [5.74, 6) is 0.306. The van der Waals surface area contributed by atoms with Gasteiger partial charge in [0, 0.05) is 61.9 Å². The van der Waals surface area contributed by atoms with E-state index in [-0.39, 0.29) is 0 Å². The van der Waals surface area contributed by atoms with Crippen molar-refractivity contribution < 1.29 is 4.79 Å². The number of hydrogen-bond donors (Lipinski definition) is 1. The van der Waals surface area contributed by atoms with E-state index in [9.17, 15) is 4.79 Å². The quantitative estimate of drug-likeness (QED) is 0.908. The van der Waals surface area contributed by atoms with Crippen molar-refractivity contribution in [2.45, 2.75) is 44.7 Å². The zero-order chi connectivity index (χ0) is 18.2. The first kappa shape index (κ1) is 17.3. The minimum absolute atomic E-state index is 0.306. The molecule has 0 spiro atoms. The SMILES string of the molecule is O=C(CN1CCc2c([nH]c3ccccc23)C1)N1CCN(C2CCCC2)CC1. The Bertz CT molecular complexity index is 815. The maximum atomic E-state index is 12.8. The molecular weight excluding hydrogens is 336 g/mol. The molecule has 27 heavy (non-hydrogen) atoms. The molecular formula is C22H30N4O. The number of carbonyl (C=O) groups is 1. The number of amides is 1. The summed E-state index contributed by atoms with van der Waals surface area (Å²) in [6, 6.07) is 9.32.